The van der Waals surface area contributed by atoms with E-state index in [0.717, 1.165) is 0 Å². The van der Waals surface area contributed by atoms with Crippen LogP contribution in [0.15, 0.2) is 10.5 Å². The van der Waals surface area contributed by atoms with Crippen molar-refractivity contribution < 1.29 is 19.5 Å². The number of aliphatic carboxylic acids is 1. The maximum atomic E-state index is 10.7. The summed E-state index contributed by atoms with van der Waals surface area (Å²) in [5.41, 5.74) is 5.70. The largest absolute Gasteiger partial charge is 0.481 e. The van der Waals surface area contributed by atoms with Gasteiger partial charge in [-0.3, -0.25) is 9.59 Å². The number of carbonyl (C=O) groups excluding carboxylic acids is 1. The molecule has 8 heteroatoms. The zero-order valence-corrected chi connectivity index (χ0v) is 9.81. The fourth-order valence-corrected chi connectivity index (χ4v) is 1.38. The number of hydrogen-bond acceptors (Lipinski definition) is 7. The minimum atomic E-state index is -0.995. The number of rotatable bonds is 6. The number of carboxylic acid groups (broad SMARTS) is 1. The van der Waals surface area contributed by atoms with Crippen molar-refractivity contribution in [3.05, 3.63) is 11.1 Å². The fourth-order valence-electron chi connectivity index (χ4n) is 0.824. The molecule has 0 saturated heterocycles. The van der Waals surface area contributed by atoms with Gasteiger partial charge in [0.05, 0.1) is 5.92 Å². The number of oxime groups is 1. The standard InChI is InChI=1S/C9H11N3O4S/c1-5(8(14)15)3-16-12-6(2-13)7-4-17-9(10)11-7/h2,4-5H,3H2,1H3,(H2,10,11)(H,14,15). The van der Waals surface area contributed by atoms with Crippen molar-refractivity contribution in [3.63, 3.8) is 0 Å². The Hall–Kier alpha value is -1.96. The number of carbonyl (C=O) groups is 2. The molecule has 17 heavy (non-hydrogen) atoms. The summed E-state index contributed by atoms with van der Waals surface area (Å²) in [6.07, 6.45) is 0.472. The number of hydrogen-bond donors (Lipinski definition) is 2. The van der Waals surface area contributed by atoms with Crippen LogP contribution in [0.3, 0.4) is 0 Å². The first-order chi connectivity index (χ1) is 8.04. The monoisotopic (exact) mass is 257 g/mol. The number of aldehydes is 1. The van der Waals surface area contributed by atoms with Crippen LogP contribution < -0.4 is 5.73 Å². The van der Waals surface area contributed by atoms with Crippen LogP contribution in [-0.2, 0) is 14.4 Å². The molecular weight excluding hydrogens is 246 g/mol. The van der Waals surface area contributed by atoms with Gasteiger partial charge < -0.3 is 15.7 Å². The van der Waals surface area contributed by atoms with E-state index in [4.69, 9.17) is 15.7 Å². The molecule has 3 N–H and O–H groups in total. The molecule has 1 aromatic heterocycles. The zero-order chi connectivity index (χ0) is 12.8. The van der Waals surface area contributed by atoms with Crippen LogP contribution in [-0.4, -0.2) is 34.7 Å². The van der Waals surface area contributed by atoms with Gasteiger partial charge in [-0.15, -0.1) is 11.3 Å². The van der Waals surface area contributed by atoms with E-state index < -0.39 is 11.9 Å². The second kappa shape index (κ2) is 5.94. The first-order valence-electron chi connectivity index (χ1n) is 4.64. The molecule has 0 aliphatic rings. The molecular formula is C9H11N3O4S. The second-order valence-corrected chi connectivity index (χ2v) is 4.09. The van der Waals surface area contributed by atoms with Gasteiger partial charge in [-0.05, 0) is 6.92 Å². The summed E-state index contributed by atoms with van der Waals surface area (Å²) < 4.78 is 0. The molecule has 0 aromatic carbocycles. The summed E-state index contributed by atoms with van der Waals surface area (Å²) in [6.45, 7) is 1.35. The first-order valence-corrected chi connectivity index (χ1v) is 5.52. The Morgan fingerprint density at radius 3 is 3.00 bits per heavy atom. The number of carboxylic acids is 1. The third-order valence-electron chi connectivity index (χ3n) is 1.81. The van der Waals surface area contributed by atoms with Crippen LogP contribution in [0.25, 0.3) is 0 Å². The normalized spacial score (nSPS) is 13.1. The van der Waals surface area contributed by atoms with Crippen LogP contribution in [0.5, 0.6) is 0 Å². The Kier molecular flexibility index (Phi) is 4.58. The molecule has 1 heterocycles. The van der Waals surface area contributed by atoms with Gasteiger partial charge in [0.15, 0.2) is 17.1 Å². The van der Waals surface area contributed by atoms with Gasteiger partial charge >= 0.3 is 5.97 Å². The maximum Gasteiger partial charge on any atom is 0.309 e. The Morgan fingerprint density at radius 2 is 2.53 bits per heavy atom. The lowest BCUT2D eigenvalue weighted by atomic mass is 10.2. The number of anilines is 1. The van der Waals surface area contributed by atoms with Gasteiger partial charge in [0.1, 0.15) is 12.3 Å². The van der Waals surface area contributed by atoms with Gasteiger partial charge in [0, 0.05) is 5.38 Å². The highest BCUT2D eigenvalue weighted by Gasteiger charge is 2.12. The van der Waals surface area contributed by atoms with Crippen molar-refractivity contribution in [2.75, 3.05) is 12.3 Å². The van der Waals surface area contributed by atoms with E-state index in [2.05, 4.69) is 10.1 Å². The van der Waals surface area contributed by atoms with E-state index in [1.165, 1.54) is 18.3 Å². The summed E-state index contributed by atoms with van der Waals surface area (Å²) in [5, 5.41) is 14.0. The predicted octanol–water partition coefficient (Wildman–Crippen LogP) is 0.366. The molecule has 0 radical (unpaired) electrons. The molecule has 0 bridgehead atoms. The fraction of sp³-hybridized carbons (Fsp3) is 0.333. The van der Waals surface area contributed by atoms with E-state index in [1.54, 1.807) is 5.38 Å². The topological polar surface area (TPSA) is 115 Å². The van der Waals surface area contributed by atoms with Crippen molar-refractivity contribution in [3.8, 4) is 0 Å². The molecule has 1 rings (SSSR count). The third kappa shape index (κ3) is 3.83. The summed E-state index contributed by atoms with van der Waals surface area (Å²) in [6, 6.07) is 0. The molecule has 1 unspecified atom stereocenters. The van der Waals surface area contributed by atoms with Crippen molar-refractivity contribution in [1.29, 1.82) is 0 Å². The number of nitrogens with zero attached hydrogens (tertiary/aromatic N) is 2. The van der Waals surface area contributed by atoms with Gasteiger partial charge in [-0.1, -0.05) is 5.16 Å². The van der Waals surface area contributed by atoms with E-state index in [-0.39, 0.29) is 12.3 Å². The number of aromatic nitrogens is 1. The summed E-state index contributed by atoms with van der Waals surface area (Å²) >= 11 is 1.17. The highest BCUT2D eigenvalue weighted by Crippen LogP contribution is 2.11. The van der Waals surface area contributed by atoms with Gasteiger partial charge in [0.2, 0.25) is 0 Å². The number of nitrogens with two attached hydrogens (primary N) is 1. The predicted molar refractivity (Wildman–Crippen MR) is 61.9 cm³/mol. The van der Waals surface area contributed by atoms with Crippen molar-refractivity contribution >= 4 is 34.4 Å². The van der Waals surface area contributed by atoms with E-state index in [0.29, 0.717) is 17.1 Å². The average molecular weight is 257 g/mol. The van der Waals surface area contributed by atoms with Gasteiger partial charge in [-0.2, -0.15) is 0 Å². The molecule has 7 nitrogen and oxygen atoms in total. The van der Waals surface area contributed by atoms with Crippen LogP contribution in [0.2, 0.25) is 0 Å². The Morgan fingerprint density at radius 1 is 1.82 bits per heavy atom. The Balaban J connectivity index is 2.62. The van der Waals surface area contributed by atoms with Crippen LogP contribution in [0.4, 0.5) is 5.13 Å². The highest BCUT2D eigenvalue weighted by molar-refractivity contribution is 7.13. The number of thiazole rings is 1. The smallest absolute Gasteiger partial charge is 0.309 e. The van der Waals surface area contributed by atoms with E-state index >= 15 is 0 Å². The molecule has 0 aliphatic carbocycles. The third-order valence-corrected chi connectivity index (χ3v) is 2.48. The molecule has 92 valence electrons. The zero-order valence-electron chi connectivity index (χ0n) is 8.99. The van der Waals surface area contributed by atoms with Crippen molar-refractivity contribution in [2.45, 2.75) is 6.92 Å². The van der Waals surface area contributed by atoms with E-state index in [9.17, 15) is 9.59 Å². The van der Waals surface area contributed by atoms with Gasteiger partial charge in [-0.25, -0.2) is 4.98 Å². The van der Waals surface area contributed by atoms with Crippen LogP contribution in [0.1, 0.15) is 12.6 Å². The molecule has 1 atom stereocenters. The second-order valence-electron chi connectivity index (χ2n) is 3.20. The molecule has 0 amide bonds. The molecule has 0 aliphatic heterocycles. The average Bonchev–Trinajstić information content (AvgIpc) is 2.70. The van der Waals surface area contributed by atoms with Crippen molar-refractivity contribution in [2.24, 2.45) is 11.1 Å². The Bertz CT molecular complexity index is 443. The summed E-state index contributed by atoms with van der Waals surface area (Å²) in [5.74, 6) is -1.70. The lowest BCUT2D eigenvalue weighted by Gasteiger charge is -2.03. The minimum absolute atomic E-state index is 0.0180. The van der Waals surface area contributed by atoms with E-state index in [1.807, 2.05) is 0 Å². The van der Waals surface area contributed by atoms with Gasteiger partial charge in [0.25, 0.3) is 0 Å². The lowest BCUT2D eigenvalue weighted by Crippen LogP contribution is -2.15. The Labute approximate surface area is 101 Å². The molecule has 1 aromatic rings. The summed E-state index contributed by atoms with van der Waals surface area (Å²) in [7, 11) is 0. The number of nitrogen functional groups attached to an aromatic ring is 1. The van der Waals surface area contributed by atoms with Crippen molar-refractivity contribution in [1.82, 2.24) is 4.98 Å². The first kappa shape index (κ1) is 13.1. The SMILES string of the molecule is CC(CON=C(C=O)c1csc(N)n1)C(=O)O. The molecule has 0 spiro atoms. The molecule has 0 saturated carbocycles. The highest BCUT2D eigenvalue weighted by atomic mass is 32.1. The summed E-state index contributed by atoms with van der Waals surface area (Å²) in [4.78, 5) is 29.8. The molecule has 0 fully saturated rings. The van der Waals surface area contributed by atoms with Crippen LogP contribution in [0, 0.1) is 5.92 Å². The maximum absolute atomic E-state index is 10.7. The minimum Gasteiger partial charge on any atom is -0.481 e. The quantitative estimate of drug-likeness (QED) is 0.432. The van der Waals surface area contributed by atoms with Crippen LogP contribution >= 0.6 is 11.3 Å². The lowest BCUT2D eigenvalue weighted by molar-refractivity contribution is -0.143.